The maximum absolute atomic E-state index is 13.7. The van der Waals surface area contributed by atoms with E-state index < -0.39 is 23.8 Å². The number of amides is 2. The van der Waals surface area contributed by atoms with Gasteiger partial charge in [-0.2, -0.15) is 0 Å². The lowest BCUT2D eigenvalue weighted by Crippen LogP contribution is -2.60. The van der Waals surface area contributed by atoms with Gasteiger partial charge in [-0.3, -0.25) is 9.80 Å². The summed E-state index contributed by atoms with van der Waals surface area (Å²) in [5.74, 6) is 1.33. The first kappa shape index (κ1) is 39.9. The minimum Gasteiger partial charge on any atom is -0.465 e. The lowest BCUT2D eigenvalue weighted by atomic mass is 9.60. The number of ether oxygens (including phenoxy) is 2. The highest BCUT2D eigenvalue weighted by Crippen LogP contribution is 2.61. The van der Waals surface area contributed by atoms with Gasteiger partial charge in [-0.05, 0) is 79.0 Å². The molecule has 4 fully saturated rings. The fraction of sp³-hybridized carbons (Fsp3) is 0.360. The maximum atomic E-state index is 13.7. The topological polar surface area (TPSA) is 157 Å². The number of nitrogens with one attached hydrogen (secondary N) is 2. The van der Waals surface area contributed by atoms with Gasteiger partial charge in [0.1, 0.15) is 11.6 Å². The Morgan fingerprint density at radius 3 is 1.55 bits per heavy atom. The summed E-state index contributed by atoms with van der Waals surface area (Å²) in [5, 5.41) is 21.3. The van der Waals surface area contributed by atoms with Crippen LogP contribution in [0.4, 0.5) is 9.59 Å². The third-order valence-electron chi connectivity index (χ3n) is 14.5. The van der Waals surface area contributed by atoms with E-state index in [1.807, 2.05) is 60.9 Å². The van der Waals surface area contributed by atoms with E-state index in [0.29, 0.717) is 63.9 Å². The van der Waals surface area contributed by atoms with Gasteiger partial charge in [0.25, 0.3) is 0 Å². The van der Waals surface area contributed by atoms with E-state index in [-0.39, 0.29) is 16.9 Å². The van der Waals surface area contributed by atoms with Gasteiger partial charge >= 0.3 is 12.2 Å². The Balaban J connectivity index is 0.889. The van der Waals surface area contributed by atoms with Crippen LogP contribution < -0.4 is 0 Å². The molecule has 2 atom stereocenters. The molecule has 0 bridgehead atoms. The average molecular weight is 833 g/mol. The van der Waals surface area contributed by atoms with E-state index in [4.69, 9.17) is 19.4 Å². The number of carbonyl (C=O) groups is 2. The Labute approximate surface area is 361 Å². The number of aromatic amines is 2. The molecule has 4 aliphatic rings. The molecular weight excluding hydrogens is 781 g/mol. The molecule has 4 saturated heterocycles. The molecule has 2 spiro atoms. The summed E-state index contributed by atoms with van der Waals surface area (Å²) in [6, 6.07) is 36.3. The van der Waals surface area contributed by atoms with Crippen molar-refractivity contribution in [3.8, 4) is 33.6 Å². The second kappa shape index (κ2) is 16.2. The number of hydrogen-bond donors (Lipinski definition) is 4. The molecule has 4 aliphatic heterocycles. The Morgan fingerprint density at radius 2 is 1.06 bits per heavy atom. The van der Waals surface area contributed by atoms with Crippen molar-refractivity contribution in [1.29, 1.82) is 0 Å². The molecule has 12 nitrogen and oxygen atoms in total. The van der Waals surface area contributed by atoms with Gasteiger partial charge < -0.3 is 29.7 Å². The van der Waals surface area contributed by atoms with E-state index >= 15 is 0 Å². The van der Waals surface area contributed by atoms with E-state index in [2.05, 4.69) is 70.6 Å². The molecule has 2 amide bonds. The highest BCUT2D eigenvalue weighted by atomic mass is 16.5. The van der Waals surface area contributed by atoms with Crippen LogP contribution in [-0.2, 0) is 22.3 Å². The number of aromatic nitrogens is 4. The summed E-state index contributed by atoms with van der Waals surface area (Å²) >= 11 is 0. The van der Waals surface area contributed by atoms with Crippen molar-refractivity contribution in [3.63, 3.8) is 0 Å². The minimum atomic E-state index is -0.937. The standard InChI is InChI=1S/C50H52N6O6/c57-46(58)55-33-48(19-23-61-24-20-48)29-42(55)44-51-31-40(53-44)38-15-11-36(12-16-38)37-13-17-39(18-14-37)41-32-52-45(54-41)43-30-49(21-25-62-26-22-49)50(56(43)47(59)60,27-34-7-3-1-4-8-34)28-35-9-5-2-6-10-35/h1-18,31-32,42-43H,19-30,33H2,(H,51,53)(H,52,54)(H,57,58)(H,59,60)/t42-,43-/m0/s1. The third kappa shape index (κ3) is 7.24. The Hall–Kier alpha value is -6.24. The third-order valence-corrected chi connectivity index (χ3v) is 14.5. The van der Waals surface area contributed by atoms with Crippen molar-refractivity contribution in [2.45, 2.75) is 69.0 Å². The van der Waals surface area contributed by atoms with Crippen molar-refractivity contribution in [1.82, 2.24) is 29.7 Å². The summed E-state index contributed by atoms with van der Waals surface area (Å²) < 4.78 is 11.5. The predicted octanol–water partition coefficient (Wildman–Crippen LogP) is 9.80. The number of carboxylic acid groups (broad SMARTS) is 2. The van der Waals surface area contributed by atoms with Gasteiger partial charge in [0, 0.05) is 61.9 Å². The molecule has 318 valence electrons. The molecule has 0 radical (unpaired) electrons. The quantitative estimate of drug-likeness (QED) is 0.112. The summed E-state index contributed by atoms with van der Waals surface area (Å²) in [7, 11) is 0. The zero-order valence-electron chi connectivity index (χ0n) is 34.7. The van der Waals surface area contributed by atoms with Crippen LogP contribution in [0.15, 0.2) is 122 Å². The number of nitrogens with zero attached hydrogens (tertiary/aromatic N) is 4. The normalized spacial score (nSPS) is 21.4. The average Bonchev–Trinajstić information content (AvgIpc) is 4.11. The van der Waals surface area contributed by atoms with Crippen molar-refractivity contribution in [2.24, 2.45) is 10.8 Å². The zero-order chi connectivity index (χ0) is 42.3. The van der Waals surface area contributed by atoms with Gasteiger partial charge in [-0.25, -0.2) is 19.6 Å². The fourth-order valence-electron chi connectivity index (χ4n) is 11.3. The van der Waals surface area contributed by atoms with Gasteiger partial charge in [0.2, 0.25) is 0 Å². The first-order valence-electron chi connectivity index (χ1n) is 21.8. The summed E-state index contributed by atoms with van der Waals surface area (Å²) in [6.07, 6.45) is 7.76. The highest BCUT2D eigenvalue weighted by Gasteiger charge is 2.65. The Morgan fingerprint density at radius 1 is 0.597 bits per heavy atom. The number of H-pyrrole nitrogens is 2. The van der Waals surface area contributed by atoms with E-state index in [9.17, 15) is 19.8 Å². The minimum absolute atomic E-state index is 0.0606. The van der Waals surface area contributed by atoms with Crippen LogP contribution in [0.2, 0.25) is 0 Å². The molecule has 6 heterocycles. The molecule has 2 aromatic heterocycles. The molecule has 0 saturated carbocycles. The van der Waals surface area contributed by atoms with Crippen molar-refractivity contribution in [2.75, 3.05) is 33.0 Å². The van der Waals surface area contributed by atoms with E-state index in [1.165, 1.54) is 4.90 Å². The van der Waals surface area contributed by atoms with Gasteiger partial charge in [0.05, 0.1) is 29.0 Å². The van der Waals surface area contributed by atoms with Crippen LogP contribution in [-0.4, -0.2) is 90.6 Å². The molecule has 0 unspecified atom stereocenters. The van der Waals surface area contributed by atoms with Crippen LogP contribution in [0.25, 0.3) is 33.6 Å². The molecule has 6 aromatic rings. The highest BCUT2D eigenvalue weighted by molar-refractivity contribution is 5.72. The second-order valence-electron chi connectivity index (χ2n) is 17.9. The molecule has 4 N–H and O–H groups in total. The van der Waals surface area contributed by atoms with Crippen molar-refractivity contribution >= 4 is 12.2 Å². The van der Waals surface area contributed by atoms with Gasteiger partial charge in [0.15, 0.2) is 0 Å². The number of rotatable bonds is 9. The van der Waals surface area contributed by atoms with Crippen LogP contribution in [0.5, 0.6) is 0 Å². The van der Waals surface area contributed by atoms with Crippen LogP contribution >= 0.6 is 0 Å². The largest absolute Gasteiger partial charge is 0.465 e. The Bertz CT molecular complexity index is 2470. The van der Waals surface area contributed by atoms with Crippen LogP contribution in [0.1, 0.15) is 73.4 Å². The monoisotopic (exact) mass is 832 g/mol. The Kier molecular flexibility index (Phi) is 10.4. The second-order valence-corrected chi connectivity index (χ2v) is 17.9. The first-order valence-corrected chi connectivity index (χ1v) is 21.8. The number of benzene rings is 4. The lowest BCUT2D eigenvalue weighted by molar-refractivity contribution is -0.0493. The van der Waals surface area contributed by atoms with E-state index in [0.717, 1.165) is 76.9 Å². The maximum Gasteiger partial charge on any atom is 0.408 e. The van der Waals surface area contributed by atoms with Gasteiger partial charge in [-0.1, -0.05) is 109 Å². The van der Waals surface area contributed by atoms with E-state index in [1.54, 1.807) is 4.90 Å². The number of imidazole rings is 2. The summed E-state index contributed by atoms with van der Waals surface area (Å²) in [5.41, 5.74) is 6.62. The fourth-order valence-corrected chi connectivity index (χ4v) is 11.3. The summed E-state index contributed by atoms with van der Waals surface area (Å²) in [4.78, 5) is 46.0. The predicted molar refractivity (Wildman–Crippen MR) is 234 cm³/mol. The molecule has 4 aromatic carbocycles. The van der Waals surface area contributed by atoms with Gasteiger partial charge in [-0.15, -0.1) is 0 Å². The molecule has 10 rings (SSSR count). The molecular formula is C50H52N6O6. The van der Waals surface area contributed by atoms with Crippen LogP contribution in [0, 0.1) is 10.8 Å². The lowest BCUT2D eigenvalue weighted by Gasteiger charge is -2.51. The van der Waals surface area contributed by atoms with Crippen LogP contribution in [0.3, 0.4) is 0 Å². The first-order chi connectivity index (χ1) is 30.2. The molecule has 0 aliphatic carbocycles. The van der Waals surface area contributed by atoms with Crippen molar-refractivity contribution in [3.05, 3.63) is 144 Å². The molecule has 62 heavy (non-hydrogen) atoms. The number of hydrogen-bond acceptors (Lipinski definition) is 6. The molecule has 12 heteroatoms. The smallest absolute Gasteiger partial charge is 0.408 e. The zero-order valence-corrected chi connectivity index (χ0v) is 34.7. The SMILES string of the molecule is O=C(O)N1CC2(CCOCC2)C[C@H]1c1nc(-c2ccc(-c3ccc(-c4c[nH]c([C@@H]5CC6(CCOCC6)C(Cc6ccccc6)(Cc6ccccc6)N5C(=O)O)n4)cc3)cc2)c[nH]1. The summed E-state index contributed by atoms with van der Waals surface area (Å²) in [6.45, 7) is 3.03. The number of likely N-dealkylation sites (tertiary alicyclic amines) is 2. The van der Waals surface area contributed by atoms with Crippen molar-refractivity contribution < 1.29 is 29.3 Å².